The molecular weight excluding hydrogens is 340 g/mol. The van der Waals surface area contributed by atoms with E-state index < -0.39 is 5.82 Å². The Balaban J connectivity index is 2.19. The third-order valence-corrected chi connectivity index (χ3v) is 3.53. The maximum absolute atomic E-state index is 13.5. The second kappa shape index (κ2) is 7.52. The van der Waals surface area contributed by atoms with E-state index in [4.69, 9.17) is 4.74 Å². The van der Waals surface area contributed by atoms with Crippen molar-refractivity contribution in [1.82, 2.24) is 5.32 Å². The van der Waals surface area contributed by atoms with E-state index in [1.807, 2.05) is 0 Å². The van der Waals surface area contributed by atoms with Gasteiger partial charge in [-0.05, 0) is 59.2 Å². The zero-order chi connectivity index (χ0) is 15.2. The summed E-state index contributed by atoms with van der Waals surface area (Å²) < 4.78 is 32.9. The van der Waals surface area contributed by atoms with Crippen molar-refractivity contribution < 1.29 is 13.5 Å². The topological polar surface area (TPSA) is 21.3 Å². The van der Waals surface area contributed by atoms with E-state index in [-0.39, 0.29) is 5.82 Å². The number of ether oxygens (including phenoxy) is 1. The van der Waals surface area contributed by atoms with Crippen LogP contribution in [0.25, 0.3) is 0 Å². The molecule has 0 radical (unpaired) electrons. The third-order valence-electron chi connectivity index (χ3n) is 2.88. The first-order chi connectivity index (χ1) is 10.1. The Morgan fingerprint density at radius 2 is 1.95 bits per heavy atom. The number of nitrogens with one attached hydrogen (secondary N) is 1. The Labute approximate surface area is 131 Å². The Kier molecular flexibility index (Phi) is 5.70. The molecule has 0 aromatic heterocycles. The number of rotatable bonds is 6. The van der Waals surface area contributed by atoms with Crippen molar-refractivity contribution in [1.29, 1.82) is 0 Å². The molecule has 0 aliphatic heterocycles. The summed E-state index contributed by atoms with van der Waals surface area (Å²) in [6, 6.07) is 8.82. The highest BCUT2D eigenvalue weighted by atomic mass is 79.9. The third kappa shape index (κ3) is 4.51. The van der Waals surface area contributed by atoms with Crippen LogP contribution in [0.5, 0.6) is 11.5 Å². The average molecular weight is 356 g/mol. The summed E-state index contributed by atoms with van der Waals surface area (Å²) in [7, 11) is 0. The van der Waals surface area contributed by atoms with Gasteiger partial charge >= 0.3 is 0 Å². The lowest BCUT2D eigenvalue weighted by molar-refractivity contribution is 0.464. The molecule has 21 heavy (non-hydrogen) atoms. The predicted octanol–water partition coefficient (Wildman–Crippen LogP) is 5.02. The van der Waals surface area contributed by atoms with Gasteiger partial charge in [-0.3, -0.25) is 0 Å². The average Bonchev–Trinajstić information content (AvgIpc) is 2.46. The van der Waals surface area contributed by atoms with Crippen molar-refractivity contribution in [2.75, 3.05) is 6.54 Å². The number of hydrogen-bond donors (Lipinski definition) is 1. The van der Waals surface area contributed by atoms with E-state index >= 15 is 0 Å². The predicted molar refractivity (Wildman–Crippen MR) is 82.6 cm³/mol. The fourth-order valence-corrected chi connectivity index (χ4v) is 2.10. The highest BCUT2D eigenvalue weighted by Gasteiger charge is 2.08. The Morgan fingerprint density at radius 1 is 1.14 bits per heavy atom. The van der Waals surface area contributed by atoms with Gasteiger partial charge < -0.3 is 10.1 Å². The molecule has 5 heteroatoms. The van der Waals surface area contributed by atoms with Gasteiger partial charge in [-0.1, -0.05) is 6.92 Å². The number of hydrogen-bond acceptors (Lipinski definition) is 2. The molecule has 0 saturated carbocycles. The van der Waals surface area contributed by atoms with Gasteiger partial charge in [0.1, 0.15) is 23.1 Å². The molecule has 1 N–H and O–H groups in total. The first kappa shape index (κ1) is 15.9. The molecular formula is C16H16BrF2NO. The van der Waals surface area contributed by atoms with Crippen molar-refractivity contribution in [3.63, 3.8) is 0 Å². The highest BCUT2D eigenvalue weighted by molar-refractivity contribution is 9.10. The standard InChI is InChI=1S/C16H16BrF2NO/c1-2-7-20-10-11-8-12(18)3-6-16(11)21-13-4-5-14(17)15(19)9-13/h3-6,8-9,20H,2,7,10H2,1H3. The summed E-state index contributed by atoms with van der Waals surface area (Å²) in [6.07, 6.45) is 0.990. The maximum Gasteiger partial charge on any atom is 0.141 e. The molecule has 2 rings (SSSR count). The zero-order valence-corrected chi connectivity index (χ0v) is 13.2. The molecule has 0 unspecified atom stereocenters. The summed E-state index contributed by atoms with van der Waals surface area (Å²) in [5, 5.41) is 3.20. The van der Waals surface area contributed by atoms with Crippen LogP contribution in [0.3, 0.4) is 0 Å². The van der Waals surface area contributed by atoms with E-state index in [1.54, 1.807) is 18.2 Å². The van der Waals surface area contributed by atoms with Gasteiger partial charge in [0.2, 0.25) is 0 Å². The van der Waals surface area contributed by atoms with E-state index in [9.17, 15) is 8.78 Å². The molecule has 0 spiro atoms. The van der Waals surface area contributed by atoms with Crippen molar-refractivity contribution >= 4 is 15.9 Å². The van der Waals surface area contributed by atoms with E-state index in [0.29, 0.717) is 28.1 Å². The molecule has 0 atom stereocenters. The monoisotopic (exact) mass is 355 g/mol. The lowest BCUT2D eigenvalue weighted by Gasteiger charge is -2.12. The fraction of sp³-hybridized carbons (Fsp3) is 0.250. The van der Waals surface area contributed by atoms with Crippen LogP contribution in [0, 0.1) is 11.6 Å². The second-order valence-corrected chi connectivity index (χ2v) is 5.46. The van der Waals surface area contributed by atoms with Gasteiger partial charge in [0.25, 0.3) is 0 Å². The molecule has 0 amide bonds. The second-order valence-electron chi connectivity index (χ2n) is 4.61. The van der Waals surface area contributed by atoms with Crippen molar-refractivity contribution in [2.45, 2.75) is 19.9 Å². The van der Waals surface area contributed by atoms with Crippen LogP contribution in [0.2, 0.25) is 0 Å². The molecule has 2 aromatic carbocycles. The van der Waals surface area contributed by atoms with Crippen molar-refractivity contribution in [2.24, 2.45) is 0 Å². The van der Waals surface area contributed by atoms with Gasteiger partial charge in [0.15, 0.2) is 0 Å². The number of halogens is 3. The van der Waals surface area contributed by atoms with Gasteiger partial charge in [-0.25, -0.2) is 8.78 Å². The first-order valence-corrected chi connectivity index (χ1v) is 7.51. The Hall–Kier alpha value is -1.46. The van der Waals surface area contributed by atoms with Crippen LogP contribution in [0.1, 0.15) is 18.9 Å². The molecule has 0 aliphatic rings. The van der Waals surface area contributed by atoms with Crippen LogP contribution in [-0.4, -0.2) is 6.54 Å². The SMILES string of the molecule is CCCNCc1cc(F)ccc1Oc1ccc(Br)c(F)c1. The van der Waals surface area contributed by atoms with Crippen LogP contribution in [-0.2, 0) is 6.54 Å². The van der Waals surface area contributed by atoms with Gasteiger partial charge in [0.05, 0.1) is 4.47 Å². The molecule has 2 aromatic rings. The highest BCUT2D eigenvalue weighted by Crippen LogP contribution is 2.28. The Morgan fingerprint density at radius 3 is 2.67 bits per heavy atom. The van der Waals surface area contributed by atoms with E-state index in [1.165, 1.54) is 18.2 Å². The van der Waals surface area contributed by atoms with E-state index in [0.717, 1.165) is 13.0 Å². The molecule has 0 fully saturated rings. The minimum Gasteiger partial charge on any atom is -0.457 e. The minimum absolute atomic E-state index is 0.322. The molecule has 112 valence electrons. The quantitative estimate of drug-likeness (QED) is 0.734. The van der Waals surface area contributed by atoms with Crippen LogP contribution >= 0.6 is 15.9 Å². The van der Waals surface area contributed by atoms with E-state index in [2.05, 4.69) is 28.2 Å². The summed E-state index contributed by atoms with van der Waals surface area (Å²) >= 11 is 3.09. The normalized spacial score (nSPS) is 10.7. The largest absolute Gasteiger partial charge is 0.457 e. The lowest BCUT2D eigenvalue weighted by Crippen LogP contribution is -2.14. The number of benzene rings is 2. The van der Waals surface area contributed by atoms with Gasteiger partial charge in [-0.2, -0.15) is 0 Å². The van der Waals surface area contributed by atoms with Gasteiger partial charge in [-0.15, -0.1) is 0 Å². The van der Waals surface area contributed by atoms with Crippen molar-refractivity contribution in [3.05, 3.63) is 58.1 Å². The smallest absolute Gasteiger partial charge is 0.141 e. The van der Waals surface area contributed by atoms with Crippen LogP contribution in [0.4, 0.5) is 8.78 Å². The lowest BCUT2D eigenvalue weighted by atomic mass is 10.2. The maximum atomic E-state index is 13.5. The fourth-order valence-electron chi connectivity index (χ4n) is 1.85. The summed E-state index contributed by atoms with van der Waals surface area (Å²) in [5.74, 6) is 0.165. The van der Waals surface area contributed by atoms with Crippen molar-refractivity contribution in [3.8, 4) is 11.5 Å². The molecule has 0 heterocycles. The summed E-state index contributed by atoms with van der Waals surface area (Å²) in [5.41, 5.74) is 0.701. The Bertz CT molecular complexity index is 619. The summed E-state index contributed by atoms with van der Waals surface area (Å²) in [4.78, 5) is 0. The molecule has 0 saturated heterocycles. The molecule has 0 aliphatic carbocycles. The van der Waals surface area contributed by atoms with Crippen LogP contribution < -0.4 is 10.1 Å². The zero-order valence-electron chi connectivity index (χ0n) is 11.6. The summed E-state index contributed by atoms with van der Waals surface area (Å²) in [6.45, 7) is 3.39. The molecule has 0 bridgehead atoms. The molecule has 2 nitrogen and oxygen atoms in total. The van der Waals surface area contributed by atoms with Gasteiger partial charge in [0, 0.05) is 18.2 Å². The first-order valence-electron chi connectivity index (χ1n) is 6.72. The van der Waals surface area contributed by atoms with Crippen LogP contribution in [0.15, 0.2) is 40.9 Å². The minimum atomic E-state index is -0.403.